The number of nitrogens with one attached hydrogen (secondary N) is 1. The number of hydrogen-bond acceptors (Lipinski definition) is 5. The highest BCUT2D eigenvalue weighted by Gasteiger charge is 2.07. The Hall–Kier alpha value is -2.56. The van der Waals surface area contributed by atoms with Crippen LogP contribution in [0.5, 0.6) is 5.75 Å². The van der Waals surface area contributed by atoms with E-state index in [0.29, 0.717) is 11.9 Å². The van der Waals surface area contributed by atoms with Crippen molar-refractivity contribution in [3.05, 3.63) is 48.4 Å². The normalized spacial score (nSPS) is 10.7. The molecule has 0 bridgehead atoms. The predicted molar refractivity (Wildman–Crippen MR) is 76.7 cm³/mol. The van der Waals surface area contributed by atoms with E-state index < -0.39 is 0 Å². The molecule has 5 nitrogen and oxygen atoms in total. The molecule has 5 heteroatoms. The van der Waals surface area contributed by atoms with Crippen LogP contribution in [0.15, 0.2) is 46.9 Å². The van der Waals surface area contributed by atoms with Crippen LogP contribution in [0.25, 0.3) is 10.8 Å². The number of ether oxygens (including phenoxy) is 1. The number of nitrogens with zero attached hydrogens (tertiary/aromatic N) is 2. The summed E-state index contributed by atoms with van der Waals surface area (Å²) >= 11 is 0. The molecule has 20 heavy (non-hydrogen) atoms. The molecular formula is C15H15N3O2. The third-order valence-electron chi connectivity index (χ3n) is 2.90. The first-order valence-electron chi connectivity index (χ1n) is 6.53. The molecule has 0 radical (unpaired) electrons. The Morgan fingerprint density at radius 1 is 1.10 bits per heavy atom. The van der Waals surface area contributed by atoms with E-state index in [4.69, 9.17) is 9.15 Å². The summed E-state index contributed by atoms with van der Waals surface area (Å²) < 4.78 is 11.2. The van der Waals surface area contributed by atoms with Crippen LogP contribution in [0.4, 0.5) is 6.01 Å². The molecule has 1 heterocycles. The lowest BCUT2D eigenvalue weighted by molar-refractivity contribution is 0.267. The molecule has 3 rings (SSSR count). The molecule has 3 aromatic rings. The second-order valence-corrected chi connectivity index (χ2v) is 4.30. The first kappa shape index (κ1) is 12.5. The van der Waals surface area contributed by atoms with Crippen molar-refractivity contribution in [1.82, 2.24) is 10.2 Å². The first-order valence-corrected chi connectivity index (χ1v) is 6.53. The van der Waals surface area contributed by atoms with Gasteiger partial charge in [-0.2, -0.15) is 0 Å². The SMILES string of the molecule is CCNc1nnc(COc2cccc3ccccc23)o1. The number of anilines is 1. The zero-order valence-corrected chi connectivity index (χ0v) is 11.2. The molecule has 0 atom stereocenters. The molecule has 2 aromatic carbocycles. The van der Waals surface area contributed by atoms with Crippen molar-refractivity contribution in [2.45, 2.75) is 13.5 Å². The van der Waals surface area contributed by atoms with E-state index in [9.17, 15) is 0 Å². The van der Waals surface area contributed by atoms with Gasteiger partial charge in [-0.25, -0.2) is 0 Å². The van der Waals surface area contributed by atoms with Gasteiger partial charge in [0.1, 0.15) is 5.75 Å². The molecule has 0 aliphatic rings. The number of fused-ring (bicyclic) bond motifs is 1. The quantitative estimate of drug-likeness (QED) is 0.770. The van der Waals surface area contributed by atoms with Gasteiger partial charge in [-0.3, -0.25) is 0 Å². The highest BCUT2D eigenvalue weighted by Crippen LogP contribution is 2.25. The maximum Gasteiger partial charge on any atom is 0.315 e. The summed E-state index contributed by atoms with van der Waals surface area (Å²) in [6, 6.07) is 14.5. The smallest absolute Gasteiger partial charge is 0.315 e. The molecule has 102 valence electrons. The number of rotatable bonds is 5. The van der Waals surface area contributed by atoms with Crippen molar-refractivity contribution in [3.63, 3.8) is 0 Å². The summed E-state index contributed by atoms with van der Waals surface area (Å²) in [5, 5.41) is 13.0. The number of hydrogen-bond donors (Lipinski definition) is 1. The van der Waals surface area contributed by atoms with Gasteiger partial charge in [0.2, 0.25) is 0 Å². The lowest BCUT2D eigenvalue weighted by atomic mass is 10.1. The maximum atomic E-state index is 5.77. The minimum absolute atomic E-state index is 0.256. The number of aromatic nitrogens is 2. The highest BCUT2D eigenvalue weighted by molar-refractivity contribution is 5.88. The average molecular weight is 269 g/mol. The van der Waals surface area contributed by atoms with Gasteiger partial charge in [0.15, 0.2) is 6.61 Å². The summed E-state index contributed by atoms with van der Waals surface area (Å²) in [5.74, 6) is 1.26. The van der Waals surface area contributed by atoms with Crippen LogP contribution in [0, 0.1) is 0 Å². The Balaban J connectivity index is 1.76. The van der Waals surface area contributed by atoms with Gasteiger partial charge in [-0.15, -0.1) is 5.10 Å². The first-order chi connectivity index (χ1) is 9.86. The summed E-state index contributed by atoms with van der Waals surface area (Å²) in [5.41, 5.74) is 0. The molecule has 0 fully saturated rings. The Morgan fingerprint density at radius 2 is 1.95 bits per heavy atom. The van der Waals surface area contributed by atoms with Crippen LogP contribution in [0.1, 0.15) is 12.8 Å². The molecule has 1 N–H and O–H groups in total. The number of benzene rings is 2. The molecule has 0 saturated carbocycles. The molecule has 0 amide bonds. The van der Waals surface area contributed by atoms with Crippen LogP contribution < -0.4 is 10.1 Å². The average Bonchev–Trinajstić information content (AvgIpc) is 2.93. The zero-order chi connectivity index (χ0) is 13.8. The minimum atomic E-state index is 0.256. The van der Waals surface area contributed by atoms with Crippen molar-refractivity contribution >= 4 is 16.8 Å². The molecule has 1 aromatic heterocycles. The maximum absolute atomic E-state index is 5.77. The zero-order valence-electron chi connectivity index (χ0n) is 11.2. The van der Waals surface area contributed by atoms with E-state index in [2.05, 4.69) is 27.6 Å². The van der Waals surface area contributed by atoms with Crippen LogP contribution >= 0.6 is 0 Å². The second-order valence-electron chi connectivity index (χ2n) is 4.30. The van der Waals surface area contributed by atoms with Gasteiger partial charge in [0.05, 0.1) is 0 Å². The fraction of sp³-hybridized carbons (Fsp3) is 0.200. The Kier molecular flexibility index (Phi) is 3.50. The van der Waals surface area contributed by atoms with Gasteiger partial charge >= 0.3 is 6.01 Å². The fourth-order valence-electron chi connectivity index (χ4n) is 2.00. The van der Waals surface area contributed by atoms with Gasteiger partial charge in [0, 0.05) is 11.9 Å². The van der Waals surface area contributed by atoms with E-state index in [1.54, 1.807) is 0 Å². The van der Waals surface area contributed by atoms with Crippen LogP contribution in [-0.4, -0.2) is 16.7 Å². The Labute approximate surface area is 116 Å². The third kappa shape index (κ3) is 2.56. The highest BCUT2D eigenvalue weighted by atomic mass is 16.5. The molecule has 0 saturated heterocycles. The second kappa shape index (κ2) is 5.61. The molecule has 0 aliphatic heterocycles. The molecular weight excluding hydrogens is 254 g/mol. The molecule has 0 aliphatic carbocycles. The van der Waals surface area contributed by atoms with Crippen molar-refractivity contribution in [3.8, 4) is 5.75 Å². The minimum Gasteiger partial charge on any atom is -0.483 e. The van der Waals surface area contributed by atoms with E-state index in [-0.39, 0.29) is 6.61 Å². The third-order valence-corrected chi connectivity index (χ3v) is 2.90. The lowest BCUT2D eigenvalue weighted by Crippen LogP contribution is -1.96. The molecule has 0 unspecified atom stereocenters. The van der Waals surface area contributed by atoms with Gasteiger partial charge in [-0.05, 0) is 18.4 Å². The summed E-state index contributed by atoms with van der Waals surface area (Å²) in [6.07, 6.45) is 0. The Bertz CT molecular complexity index is 704. The van der Waals surface area contributed by atoms with E-state index in [1.807, 2.05) is 37.3 Å². The predicted octanol–water partition coefficient (Wildman–Crippen LogP) is 3.23. The standard InChI is InChI=1S/C15H15N3O2/c1-2-16-15-18-17-14(20-15)10-19-13-9-5-7-11-6-3-4-8-12(11)13/h3-9H,2,10H2,1H3,(H,16,18). The fourth-order valence-corrected chi connectivity index (χ4v) is 2.00. The van der Waals surface area contributed by atoms with E-state index in [0.717, 1.165) is 23.1 Å². The topological polar surface area (TPSA) is 60.2 Å². The van der Waals surface area contributed by atoms with Gasteiger partial charge in [0.25, 0.3) is 5.89 Å². The van der Waals surface area contributed by atoms with Gasteiger partial charge < -0.3 is 14.5 Å². The Morgan fingerprint density at radius 3 is 2.85 bits per heavy atom. The van der Waals surface area contributed by atoms with E-state index in [1.165, 1.54) is 0 Å². The summed E-state index contributed by atoms with van der Waals surface area (Å²) in [4.78, 5) is 0. The van der Waals surface area contributed by atoms with Crippen molar-refractivity contribution in [1.29, 1.82) is 0 Å². The monoisotopic (exact) mass is 269 g/mol. The largest absolute Gasteiger partial charge is 0.483 e. The molecule has 0 spiro atoms. The van der Waals surface area contributed by atoms with Gasteiger partial charge in [-0.1, -0.05) is 41.5 Å². The lowest BCUT2D eigenvalue weighted by Gasteiger charge is -2.07. The van der Waals surface area contributed by atoms with Crippen molar-refractivity contribution in [2.24, 2.45) is 0 Å². The van der Waals surface area contributed by atoms with Crippen molar-refractivity contribution in [2.75, 3.05) is 11.9 Å². The van der Waals surface area contributed by atoms with E-state index >= 15 is 0 Å². The van der Waals surface area contributed by atoms with Crippen LogP contribution in [-0.2, 0) is 6.61 Å². The summed E-state index contributed by atoms with van der Waals surface area (Å²) in [7, 11) is 0. The van der Waals surface area contributed by atoms with Crippen LogP contribution in [0.2, 0.25) is 0 Å². The summed E-state index contributed by atoms with van der Waals surface area (Å²) in [6.45, 7) is 2.97. The van der Waals surface area contributed by atoms with Crippen LogP contribution in [0.3, 0.4) is 0 Å². The van der Waals surface area contributed by atoms with Crippen molar-refractivity contribution < 1.29 is 9.15 Å².